The van der Waals surface area contributed by atoms with Crippen molar-refractivity contribution in [1.82, 2.24) is 0 Å². The molecule has 84 valence electrons. The second kappa shape index (κ2) is 4.28. The fraction of sp³-hybridized carbons (Fsp3) is 0.667. The fourth-order valence-corrected chi connectivity index (χ4v) is 1.22. The normalized spacial score (nSPS) is 15.6. The summed E-state index contributed by atoms with van der Waals surface area (Å²) in [6, 6.07) is 0. The van der Waals surface area contributed by atoms with Crippen molar-refractivity contribution in [3.05, 3.63) is 12.7 Å². The first-order valence-electron chi connectivity index (χ1n) is 3.54. The largest absolute Gasteiger partial charge is 0.523 e. The minimum atomic E-state index is -5.55. The van der Waals surface area contributed by atoms with Crippen LogP contribution in [0.1, 0.15) is 0 Å². The van der Waals surface area contributed by atoms with E-state index in [-0.39, 0.29) is 0 Å². The topological polar surface area (TPSA) is 47.8 Å². The van der Waals surface area contributed by atoms with E-state index in [0.29, 0.717) is 4.90 Å². The lowest BCUT2D eigenvalue weighted by molar-refractivity contribution is -0.898. The Hall–Kier alpha value is -0.600. The lowest BCUT2D eigenvalue weighted by Crippen LogP contribution is -3.10. The van der Waals surface area contributed by atoms with Gasteiger partial charge >= 0.3 is 15.6 Å². The zero-order valence-electron chi connectivity index (χ0n) is 7.63. The highest BCUT2D eigenvalue weighted by Crippen LogP contribution is 2.24. The molecule has 0 radical (unpaired) electrons. The van der Waals surface area contributed by atoms with Crippen LogP contribution in [0, 0.1) is 0 Å². The van der Waals surface area contributed by atoms with Crippen molar-refractivity contribution < 1.29 is 30.7 Å². The third kappa shape index (κ3) is 3.28. The van der Waals surface area contributed by atoms with E-state index in [9.17, 15) is 21.6 Å². The molecule has 0 aromatic carbocycles. The van der Waals surface area contributed by atoms with Crippen molar-refractivity contribution in [3.8, 4) is 0 Å². The Labute approximate surface area is 80.1 Å². The predicted molar refractivity (Wildman–Crippen MR) is 42.9 cm³/mol. The Morgan fingerprint density at radius 2 is 1.86 bits per heavy atom. The highest BCUT2D eigenvalue weighted by Gasteiger charge is 2.49. The zero-order valence-corrected chi connectivity index (χ0v) is 8.45. The van der Waals surface area contributed by atoms with E-state index in [0.717, 1.165) is 6.08 Å². The summed E-state index contributed by atoms with van der Waals surface area (Å²) >= 11 is 0. The smallest absolute Gasteiger partial charge is 0.310 e. The van der Waals surface area contributed by atoms with Crippen molar-refractivity contribution in [2.45, 2.75) is 11.7 Å². The van der Waals surface area contributed by atoms with Crippen LogP contribution in [0.15, 0.2) is 12.7 Å². The van der Waals surface area contributed by atoms with Gasteiger partial charge in [0.25, 0.3) is 0 Å². The summed E-state index contributed by atoms with van der Waals surface area (Å²) < 4.78 is 60.5. The molecule has 14 heavy (non-hydrogen) atoms. The van der Waals surface area contributed by atoms with Gasteiger partial charge in [-0.25, -0.2) is 4.18 Å². The molecule has 0 spiro atoms. The summed E-state index contributed by atoms with van der Waals surface area (Å²) in [7, 11) is -2.66. The zero-order chi connectivity index (χ0) is 11.6. The molecule has 0 aliphatic carbocycles. The quantitative estimate of drug-likeness (QED) is 0.309. The molecular formula is C6H11F3NO3S+. The summed E-state index contributed by atoms with van der Waals surface area (Å²) in [5.74, 6) is 0. The van der Waals surface area contributed by atoms with E-state index in [4.69, 9.17) is 0 Å². The Kier molecular flexibility index (Phi) is 4.10. The molecule has 0 aromatic rings. The Bertz CT molecular complexity index is 296. The van der Waals surface area contributed by atoms with Gasteiger partial charge in [-0.15, -0.1) is 0 Å². The lowest BCUT2D eigenvalue weighted by Gasteiger charge is -2.18. The summed E-state index contributed by atoms with van der Waals surface area (Å²) in [5.41, 5.74) is -5.40. The number of hydrogen-bond acceptors (Lipinski definition) is 3. The van der Waals surface area contributed by atoms with Gasteiger partial charge in [0.2, 0.25) is 6.23 Å². The minimum Gasteiger partial charge on any atom is -0.310 e. The maximum absolute atomic E-state index is 11.8. The van der Waals surface area contributed by atoms with Gasteiger partial charge in [0.15, 0.2) is 0 Å². The average Bonchev–Trinajstić information content (AvgIpc) is 1.97. The molecule has 0 saturated carbocycles. The number of likely N-dealkylation sites (N-methyl/N-ethyl adjacent to an activating group) is 1. The van der Waals surface area contributed by atoms with E-state index in [1.54, 1.807) is 0 Å². The van der Waals surface area contributed by atoms with E-state index in [1.165, 1.54) is 14.1 Å². The van der Waals surface area contributed by atoms with E-state index in [2.05, 4.69) is 10.8 Å². The highest BCUT2D eigenvalue weighted by atomic mass is 32.2. The molecule has 0 fully saturated rings. The maximum atomic E-state index is 11.8. The van der Waals surface area contributed by atoms with Gasteiger partial charge in [-0.2, -0.15) is 21.6 Å². The third-order valence-electron chi connectivity index (χ3n) is 1.30. The van der Waals surface area contributed by atoms with Gasteiger partial charge < -0.3 is 4.90 Å². The van der Waals surface area contributed by atoms with Crippen molar-refractivity contribution >= 4 is 10.1 Å². The number of hydrogen-bond donors (Lipinski definition) is 1. The SMILES string of the molecule is C=CC(OS(=O)(=O)C(F)(F)F)[NH+](C)C. The van der Waals surface area contributed by atoms with Crippen LogP contribution in [0.25, 0.3) is 0 Å². The van der Waals surface area contributed by atoms with Crippen molar-refractivity contribution in [3.63, 3.8) is 0 Å². The first kappa shape index (κ1) is 13.4. The number of quaternary nitrogens is 1. The Morgan fingerprint density at radius 1 is 1.43 bits per heavy atom. The van der Waals surface area contributed by atoms with Gasteiger partial charge in [0.1, 0.15) is 0 Å². The van der Waals surface area contributed by atoms with Gasteiger partial charge in [-0.3, -0.25) is 0 Å². The number of nitrogens with one attached hydrogen (secondary N) is 1. The molecule has 1 N–H and O–H groups in total. The molecule has 4 nitrogen and oxygen atoms in total. The van der Waals surface area contributed by atoms with Crippen molar-refractivity contribution in [2.24, 2.45) is 0 Å². The van der Waals surface area contributed by atoms with Crippen LogP contribution in [0.2, 0.25) is 0 Å². The van der Waals surface area contributed by atoms with Crippen LogP contribution in [0.5, 0.6) is 0 Å². The van der Waals surface area contributed by atoms with Crippen LogP contribution < -0.4 is 4.90 Å². The van der Waals surface area contributed by atoms with Crippen LogP contribution in [-0.2, 0) is 14.3 Å². The van der Waals surface area contributed by atoms with Crippen molar-refractivity contribution in [1.29, 1.82) is 0 Å². The van der Waals surface area contributed by atoms with Gasteiger partial charge in [0.05, 0.1) is 14.1 Å². The first-order chi connectivity index (χ1) is 6.12. The molecule has 1 unspecified atom stereocenters. The number of alkyl halides is 3. The van der Waals surface area contributed by atoms with E-state index in [1.807, 2.05) is 0 Å². The van der Waals surface area contributed by atoms with E-state index < -0.39 is 21.9 Å². The van der Waals surface area contributed by atoms with Crippen molar-refractivity contribution in [2.75, 3.05) is 14.1 Å². The molecule has 8 heteroatoms. The van der Waals surface area contributed by atoms with Crippen LogP contribution in [0.4, 0.5) is 13.2 Å². The monoisotopic (exact) mass is 234 g/mol. The van der Waals surface area contributed by atoms with E-state index >= 15 is 0 Å². The Balaban J connectivity index is 4.75. The fourth-order valence-electron chi connectivity index (χ4n) is 0.562. The maximum Gasteiger partial charge on any atom is 0.523 e. The molecule has 0 aliphatic rings. The summed E-state index contributed by atoms with van der Waals surface area (Å²) in [6.07, 6.45) is -0.264. The first-order valence-corrected chi connectivity index (χ1v) is 4.95. The molecule has 1 atom stereocenters. The average molecular weight is 234 g/mol. The molecule has 0 heterocycles. The second-order valence-electron chi connectivity index (χ2n) is 2.73. The summed E-state index contributed by atoms with van der Waals surface area (Å²) in [4.78, 5) is 0.368. The van der Waals surface area contributed by atoms with Gasteiger partial charge in [-0.05, 0) is 6.08 Å². The van der Waals surface area contributed by atoms with Crippen LogP contribution in [0.3, 0.4) is 0 Å². The predicted octanol–water partition coefficient (Wildman–Crippen LogP) is -0.491. The molecule has 0 amide bonds. The van der Waals surface area contributed by atoms with Crippen LogP contribution in [-0.4, -0.2) is 34.2 Å². The Morgan fingerprint density at radius 3 is 2.07 bits per heavy atom. The molecule has 0 rings (SSSR count). The van der Waals surface area contributed by atoms with Gasteiger partial charge in [-0.1, -0.05) is 6.58 Å². The second-order valence-corrected chi connectivity index (χ2v) is 4.29. The third-order valence-corrected chi connectivity index (χ3v) is 2.32. The highest BCUT2D eigenvalue weighted by molar-refractivity contribution is 7.87. The molecule has 0 aliphatic heterocycles. The lowest BCUT2D eigenvalue weighted by atomic mass is 10.5. The molecule has 0 aromatic heterocycles. The molecule has 0 bridgehead atoms. The minimum absolute atomic E-state index is 0.368. The molecular weight excluding hydrogens is 223 g/mol. The standard InChI is InChI=1S/C6H10F3NO3S/c1-4-5(10(2)3)13-14(11,12)6(7,8)9/h4-5H,1H2,2-3H3/p+1. The van der Waals surface area contributed by atoms with Gasteiger partial charge in [0, 0.05) is 0 Å². The number of halogens is 3. The summed E-state index contributed by atoms with van der Waals surface area (Å²) in [6.45, 7) is 3.17. The number of rotatable bonds is 4. The van der Waals surface area contributed by atoms with Crippen LogP contribution >= 0.6 is 0 Å². The molecule has 0 saturated heterocycles. The summed E-state index contributed by atoms with van der Waals surface area (Å²) in [5, 5.41) is 0.